The van der Waals surface area contributed by atoms with Crippen molar-refractivity contribution in [3.63, 3.8) is 0 Å². The number of hydrogen-bond acceptors (Lipinski definition) is 4. The van der Waals surface area contributed by atoms with Crippen LogP contribution in [0.3, 0.4) is 0 Å². The van der Waals surface area contributed by atoms with Crippen molar-refractivity contribution in [2.75, 3.05) is 23.7 Å². The first-order valence-electron chi connectivity index (χ1n) is 6.26. The van der Waals surface area contributed by atoms with E-state index in [1.54, 1.807) is 19.2 Å². The summed E-state index contributed by atoms with van der Waals surface area (Å²) in [6.45, 7) is 1.86. The Morgan fingerprint density at radius 3 is 2.52 bits per heavy atom. The molecular formula is C14H16ClN3O2S. The summed E-state index contributed by atoms with van der Waals surface area (Å²) < 4.78 is 26.5. The zero-order valence-corrected chi connectivity index (χ0v) is 13.5. The zero-order chi connectivity index (χ0) is 15.6. The summed E-state index contributed by atoms with van der Waals surface area (Å²) in [7, 11) is -0.523. The molecule has 7 heteroatoms. The summed E-state index contributed by atoms with van der Waals surface area (Å²) in [5, 5.41) is 3.05. The van der Waals surface area contributed by atoms with Crippen LogP contribution in [0.25, 0.3) is 0 Å². The first-order chi connectivity index (χ1) is 9.87. The minimum absolute atomic E-state index is 0.0530. The number of sulfonamides is 1. The fourth-order valence-corrected chi connectivity index (χ4v) is 3.51. The van der Waals surface area contributed by atoms with Gasteiger partial charge in [0.2, 0.25) is 0 Å². The molecule has 0 amide bonds. The van der Waals surface area contributed by atoms with E-state index in [-0.39, 0.29) is 9.92 Å². The monoisotopic (exact) mass is 325 g/mol. The summed E-state index contributed by atoms with van der Waals surface area (Å²) in [4.78, 5) is 4.07. The summed E-state index contributed by atoms with van der Waals surface area (Å²) >= 11 is 6.01. The molecule has 2 rings (SSSR count). The Morgan fingerprint density at radius 2 is 1.95 bits per heavy atom. The van der Waals surface area contributed by atoms with Crippen molar-refractivity contribution in [1.82, 2.24) is 4.98 Å². The second kappa shape index (κ2) is 5.91. The van der Waals surface area contributed by atoms with Gasteiger partial charge in [0.15, 0.2) is 0 Å². The molecule has 0 aliphatic heterocycles. The van der Waals surface area contributed by atoms with E-state index in [0.29, 0.717) is 11.5 Å². The molecule has 1 heterocycles. The summed E-state index contributed by atoms with van der Waals surface area (Å²) in [5.41, 5.74) is 1.49. The standard InChI is InChI=1S/C14H16ClN3O2S/c1-10-6-4-5-7-13(10)18(3)21(19,20)11-8-12(15)14(16-2)17-9-11/h4-9H,1-3H3,(H,16,17). The summed E-state index contributed by atoms with van der Waals surface area (Å²) in [5.74, 6) is 0.439. The Kier molecular flexibility index (Phi) is 4.39. The van der Waals surface area contributed by atoms with Crippen molar-refractivity contribution in [3.8, 4) is 0 Å². The van der Waals surface area contributed by atoms with Crippen LogP contribution in [0.5, 0.6) is 0 Å². The second-order valence-electron chi connectivity index (χ2n) is 4.51. The highest BCUT2D eigenvalue weighted by Gasteiger charge is 2.23. The SMILES string of the molecule is CNc1ncc(S(=O)(=O)N(C)c2ccccc2C)cc1Cl. The van der Waals surface area contributed by atoms with Gasteiger partial charge in [-0.05, 0) is 24.6 Å². The zero-order valence-electron chi connectivity index (χ0n) is 12.0. The molecule has 0 radical (unpaired) electrons. The predicted molar refractivity (Wildman–Crippen MR) is 85.6 cm³/mol. The average Bonchev–Trinajstić information content (AvgIpc) is 2.47. The lowest BCUT2D eigenvalue weighted by molar-refractivity contribution is 0.594. The third-order valence-electron chi connectivity index (χ3n) is 3.17. The van der Waals surface area contributed by atoms with Gasteiger partial charge >= 0.3 is 0 Å². The van der Waals surface area contributed by atoms with Crippen LogP contribution in [-0.2, 0) is 10.0 Å². The number of rotatable bonds is 4. The third kappa shape index (κ3) is 2.96. The molecule has 1 aromatic carbocycles. The Bertz CT molecular complexity index is 763. The average molecular weight is 326 g/mol. The Labute approximate surface area is 129 Å². The smallest absolute Gasteiger partial charge is 0.265 e. The van der Waals surface area contributed by atoms with Gasteiger partial charge in [-0.2, -0.15) is 0 Å². The van der Waals surface area contributed by atoms with Crippen LogP contribution in [0.15, 0.2) is 41.4 Å². The topological polar surface area (TPSA) is 62.3 Å². The maximum Gasteiger partial charge on any atom is 0.265 e. The molecule has 0 fully saturated rings. The molecule has 0 unspecified atom stereocenters. The minimum atomic E-state index is -3.70. The normalized spacial score (nSPS) is 11.2. The van der Waals surface area contributed by atoms with Gasteiger partial charge in [0.1, 0.15) is 10.7 Å². The number of pyridine rings is 1. The fourth-order valence-electron chi connectivity index (χ4n) is 1.95. The molecule has 1 aromatic heterocycles. The van der Waals surface area contributed by atoms with E-state index in [1.807, 2.05) is 19.1 Å². The van der Waals surface area contributed by atoms with E-state index in [2.05, 4.69) is 10.3 Å². The molecule has 0 saturated carbocycles. The molecule has 0 aliphatic rings. The third-order valence-corrected chi connectivity index (χ3v) is 5.19. The maximum atomic E-state index is 12.6. The van der Waals surface area contributed by atoms with E-state index >= 15 is 0 Å². The van der Waals surface area contributed by atoms with Crippen molar-refractivity contribution >= 4 is 33.1 Å². The predicted octanol–water partition coefficient (Wildman–Crippen LogP) is 2.91. The largest absolute Gasteiger partial charge is 0.372 e. The molecule has 0 aliphatic carbocycles. The number of anilines is 2. The van der Waals surface area contributed by atoms with Crippen LogP contribution in [0.2, 0.25) is 5.02 Å². The first-order valence-corrected chi connectivity index (χ1v) is 8.07. The van der Waals surface area contributed by atoms with Crippen LogP contribution in [0.4, 0.5) is 11.5 Å². The molecule has 0 atom stereocenters. The van der Waals surface area contributed by atoms with Gasteiger partial charge in [0, 0.05) is 20.3 Å². The maximum absolute atomic E-state index is 12.6. The van der Waals surface area contributed by atoms with E-state index in [0.717, 1.165) is 5.56 Å². The first kappa shape index (κ1) is 15.6. The fraction of sp³-hybridized carbons (Fsp3) is 0.214. The number of aromatic nitrogens is 1. The van der Waals surface area contributed by atoms with Crippen LogP contribution >= 0.6 is 11.6 Å². The van der Waals surface area contributed by atoms with Crippen LogP contribution in [-0.4, -0.2) is 27.5 Å². The van der Waals surface area contributed by atoms with E-state index in [9.17, 15) is 8.42 Å². The molecule has 112 valence electrons. The second-order valence-corrected chi connectivity index (χ2v) is 6.89. The lowest BCUT2D eigenvalue weighted by Crippen LogP contribution is -2.27. The number of nitrogens with zero attached hydrogens (tertiary/aromatic N) is 2. The van der Waals surface area contributed by atoms with Crippen molar-refractivity contribution < 1.29 is 8.42 Å². The van der Waals surface area contributed by atoms with Gasteiger partial charge in [-0.1, -0.05) is 29.8 Å². The quantitative estimate of drug-likeness (QED) is 0.939. The van der Waals surface area contributed by atoms with Gasteiger partial charge in [0.05, 0.1) is 10.7 Å². The number of halogens is 1. The highest BCUT2D eigenvalue weighted by atomic mass is 35.5. The van der Waals surface area contributed by atoms with Crippen molar-refractivity contribution in [2.24, 2.45) is 0 Å². The number of nitrogens with one attached hydrogen (secondary N) is 1. The number of para-hydroxylation sites is 1. The van der Waals surface area contributed by atoms with Crippen LogP contribution < -0.4 is 9.62 Å². The van der Waals surface area contributed by atoms with Crippen LogP contribution in [0, 0.1) is 6.92 Å². The van der Waals surface area contributed by atoms with Crippen molar-refractivity contribution in [1.29, 1.82) is 0 Å². The molecule has 21 heavy (non-hydrogen) atoms. The summed E-state index contributed by atoms with van der Waals surface area (Å²) in [6.07, 6.45) is 1.29. The van der Waals surface area contributed by atoms with E-state index in [4.69, 9.17) is 11.6 Å². The Hall–Kier alpha value is -1.79. The van der Waals surface area contributed by atoms with Crippen LogP contribution in [0.1, 0.15) is 5.56 Å². The molecule has 2 aromatic rings. The lowest BCUT2D eigenvalue weighted by atomic mass is 10.2. The summed E-state index contributed by atoms with van der Waals surface area (Å²) in [6, 6.07) is 8.66. The molecule has 5 nitrogen and oxygen atoms in total. The minimum Gasteiger partial charge on any atom is -0.372 e. The number of hydrogen-bond donors (Lipinski definition) is 1. The molecule has 1 N–H and O–H groups in total. The van der Waals surface area contributed by atoms with E-state index < -0.39 is 10.0 Å². The molecular weight excluding hydrogens is 310 g/mol. The highest BCUT2D eigenvalue weighted by Crippen LogP contribution is 2.27. The van der Waals surface area contributed by atoms with E-state index in [1.165, 1.54) is 23.6 Å². The Morgan fingerprint density at radius 1 is 1.29 bits per heavy atom. The molecule has 0 saturated heterocycles. The number of aryl methyl sites for hydroxylation is 1. The molecule has 0 spiro atoms. The van der Waals surface area contributed by atoms with Gasteiger partial charge in [0.25, 0.3) is 10.0 Å². The van der Waals surface area contributed by atoms with Gasteiger partial charge < -0.3 is 5.32 Å². The van der Waals surface area contributed by atoms with Gasteiger partial charge in [-0.15, -0.1) is 0 Å². The highest BCUT2D eigenvalue weighted by molar-refractivity contribution is 7.92. The van der Waals surface area contributed by atoms with Gasteiger partial charge in [-0.25, -0.2) is 13.4 Å². The number of benzene rings is 1. The van der Waals surface area contributed by atoms with Crippen molar-refractivity contribution in [3.05, 3.63) is 47.1 Å². The van der Waals surface area contributed by atoms with Gasteiger partial charge in [-0.3, -0.25) is 4.31 Å². The van der Waals surface area contributed by atoms with Crippen molar-refractivity contribution in [2.45, 2.75) is 11.8 Å². The molecule has 0 bridgehead atoms. The Balaban J connectivity index is 2.47. The lowest BCUT2D eigenvalue weighted by Gasteiger charge is -2.21.